The first-order valence-corrected chi connectivity index (χ1v) is 6.49. The molecule has 0 bridgehead atoms. The van der Waals surface area contributed by atoms with E-state index < -0.39 is 17.7 Å². The average molecular weight is 340 g/mol. The van der Waals surface area contributed by atoms with E-state index in [0.29, 0.717) is 19.7 Å². The van der Waals surface area contributed by atoms with Crippen LogP contribution in [0.25, 0.3) is 0 Å². The van der Waals surface area contributed by atoms with E-state index in [1.54, 1.807) is 7.11 Å². The van der Waals surface area contributed by atoms with Gasteiger partial charge in [0.2, 0.25) is 0 Å². The fourth-order valence-electron chi connectivity index (χ4n) is 1.35. The molecule has 4 nitrogen and oxygen atoms in total. The number of rotatable bonds is 8. The predicted octanol–water partition coefficient (Wildman–Crippen LogP) is 1.70. The Labute approximate surface area is 118 Å². The van der Waals surface area contributed by atoms with Crippen molar-refractivity contribution in [1.29, 1.82) is 0 Å². The lowest BCUT2D eigenvalue weighted by Gasteiger charge is -2.14. The van der Waals surface area contributed by atoms with Crippen molar-refractivity contribution < 1.29 is 23.4 Å². The first kappa shape index (κ1) is 16.3. The molecular weight excluding hydrogens is 324 g/mol. The number of hydrogen-bond acceptors (Lipinski definition) is 4. The number of aliphatic hydroxyl groups excluding tert-OH is 1. The Bertz CT molecular complexity index is 384. The Morgan fingerprint density at radius 3 is 2.79 bits per heavy atom. The van der Waals surface area contributed by atoms with Crippen LogP contribution in [0, 0.1) is 11.6 Å². The van der Waals surface area contributed by atoms with E-state index in [4.69, 9.17) is 9.47 Å². The Balaban J connectivity index is 2.40. The van der Waals surface area contributed by atoms with Crippen LogP contribution in [-0.4, -0.2) is 44.6 Å². The normalized spacial score (nSPS) is 12.5. The number of methoxy groups -OCH3 is 1. The lowest BCUT2D eigenvalue weighted by atomic mass is 10.3. The summed E-state index contributed by atoms with van der Waals surface area (Å²) in [5.74, 6) is -1.62. The molecule has 0 spiro atoms. The van der Waals surface area contributed by atoms with Crippen molar-refractivity contribution in [3.63, 3.8) is 0 Å². The van der Waals surface area contributed by atoms with Crippen LogP contribution in [0.2, 0.25) is 0 Å². The topological polar surface area (TPSA) is 50.7 Å². The molecule has 0 fully saturated rings. The molecule has 19 heavy (non-hydrogen) atoms. The Hall–Kier alpha value is -0.760. The van der Waals surface area contributed by atoms with E-state index in [-0.39, 0.29) is 16.8 Å². The summed E-state index contributed by atoms with van der Waals surface area (Å²) >= 11 is 3.00. The Kier molecular flexibility index (Phi) is 7.22. The van der Waals surface area contributed by atoms with E-state index >= 15 is 0 Å². The lowest BCUT2D eigenvalue weighted by Crippen LogP contribution is -2.33. The summed E-state index contributed by atoms with van der Waals surface area (Å²) in [6, 6.07) is 1.82. The maximum atomic E-state index is 13.4. The zero-order valence-corrected chi connectivity index (χ0v) is 12.0. The van der Waals surface area contributed by atoms with Gasteiger partial charge in [0, 0.05) is 26.3 Å². The molecule has 7 heteroatoms. The second-order valence-corrected chi connectivity index (χ2v) is 4.71. The first-order chi connectivity index (χ1) is 9.04. The van der Waals surface area contributed by atoms with Crippen LogP contribution >= 0.6 is 15.9 Å². The molecular formula is C12H16BrF2NO3. The van der Waals surface area contributed by atoms with E-state index in [1.807, 2.05) is 0 Å². The number of nitrogens with one attached hydrogen (secondary N) is 1. The molecule has 0 radical (unpaired) electrons. The van der Waals surface area contributed by atoms with Gasteiger partial charge in [-0.05, 0) is 22.0 Å². The minimum Gasteiger partial charge on any atom is -0.487 e. The maximum absolute atomic E-state index is 13.4. The quantitative estimate of drug-likeness (QED) is 0.708. The van der Waals surface area contributed by atoms with Gasteiger partial charge in [-0.15, -0.1) is 0 Å². The van der Waals surface area contributed by atoms with Gasteiger partial charge in [-0.3, -0.25) is 0 Å². The van der Waals surface area contributed by atoms with Crippen molar-refractivity contribution in [3.8, 4) is 5.75 Å². The molecule has 0 saturated carbocycles. The number of hydrogen-bond donors (Lipinski definition) is 2. The first-order valence-electron chi connectivity index (χ1n) is 5.69. The second kappa shape index (κ2) is 8.42. The molecule has 1 rings (SSSR count). The van der Waals surface area contributed by atoms with Gasteiger partial charge in [0.15, 0.2) is 11.6 Å². The Morgan fingerprint density at radius 2 is 2.16 bits per heavy atom. The van der Waals surface area contributed by atoms with Gasteiger partial charge in [0.05, 0.1) is 11.1 Å². The van der Waals surface area contributed by atoms with Crippen LogP contribution in [0.1, 0.15) is 0 Å². The van der Waals surface area contributed by atoms with Crippen molar-refractivity contribution in [1.82, 2.24) is 5.32 Å². The third kappa shape index (κ3) is 5.82. The van der Waals surface area contributed by atoms with Gasteiger partial charge < -0.3 is 19.9 Å². The molecule has 0 aliphatic heterocycles. The number of ether oxygens (including phenoxy) is 2. The monoisotopic (exact) mass is 339 g/mol. The molecule has 0 aliphatic rings. The molecule has 108 valence electrons. The van der Waals surface area contributed by atoms with Crippen LogP contribution in [0.5, 0.6) is 5.75 Å². The van der Waals surface area contributed by atoms with Crippen LogP contribution in [-0.2, 0) is 4.74 Å². The molecule has 1 atom stereocenters. The van der Waals surface area contributed by atoms with Crippen LogP contribution in [0.15, 0.2) is 16.6 Å². The molecule has 0 saturated heterocycles. The highest BCUT2D eigenvalue weighted by Gasteiger charge is 2.13. The van der Waals surface area contributed by atoms with Gasteiger partial charge in [-0.25, -0.2) is 8.78 Å². The standard InChI is InChI=1S/C12H16BrF2NO3/c1-18-3-2-16-6-9(17)7-19-12-10(13)4-8(14)5-11(12)15/h4-5,9,16-17H,2-3,6-7H2,1H3. The summed E-state index contributed by atoms with van der Waals surface area (Å²) in [6.45, 7) is 1.33. The van der Waals surface area contributed by atoms with Crippen LogP contribution in [0.3, 0.4) is 0 Å². The lowest BCUT2D eigenvalue weighted by molar-refractivity contribution is 0.101. The highest BCUT2D eigenvalue weighted by Crippen LogP contribution is 2.29. The van der Waals surface area contributed by atoms with E-state index in [1.165, 1.54) is 0 Å². The maximum Gasteiger partial charge on any atom is 0.169 e. The van der Waals surface area contributed by atoms with Crippen LogP contribution < -0.4 is 10.1 Å². The summed E-state index contributed by atoms with van der Waals surface area (Å²) in [4.78, 5) is 0. The van der Waals surface area contributed by atoms with Crippen molar-refractivity contribution in [2.45, 2.75) is 6.10 Å². The Morgan fingerprint density at radius 1 is 1.42 bits per heavy atom. The van der Waals surface area contributed by atoms with E-state index in [2.05, 4.69) is 21.2 Å². The largest absolute Gasteiger partial charge is 0.487 e. The number of aliphatic hydroxyl groups is 1. The third-order valence-corrected chi connectivity index (χ3v) is 2.84. The van der Waals surface area contributed by atoms with Gasteiger partial charge in [-0.2, -0.15) is 0 Å². The molecule has 0 amide bonds. The predicted molar refractivity (Wildman–Crippen MR) is 70.3 cm³/mol. The van der Waals surface area contributed by atoms with E-state index in [0.717, 1.165) is 12.1 Å². The number of halogens is 3. The highest BCUT2D eigenvalue weighted by molar-refractivity contribution is 9.10. The third-order valence-electron chi connectivity index (χ3n) is 2.25. The summed E-state index contributed by atoms with van der Waals surface area (Å²) in [7, 11) is 1.58. The fraction of sp³-hybridized carbons (Fsp3) is 0.500. The van der Waals surface area contributed by atoms with Gasteiger partial charge in [0.25, 0.3) is 0 Å². The minimum absolute atomic E-state index is 0.0961. The average Bonchev–Trinajstić information content (AvgIpc) is 2.33. The minimum atomic E-state index is -0.814. The summed E-state index contributed by atoms with van der Waals surface area (Å²) < 4.78 is 36.4. The van der Waals surface area contributed by atoms with Gasteiger partial charge in [0.1, 0.15) is 18.5 Å². The molecule has 2 N–H and O–H groups in total. The zero-order chi connectivity index (χ0) is 14.3. The van der Waals surface area contributed by atoms with Gasteiger partial charge in [-0.1, -0.05) is 0 Å². The highest BCUT2D eigenvalue weighted by atomic mass is 79.9. The molecule has 0 aromatic heterocycles. The molecule has 0 heterocycles. The summed E-state index contributed by atoms with van der Waals surface area (Å²) in [6.07, 6.45) is -0.798. The van der Waals surface area contributed by atoms with Crippen molar-refractivity contribution in [2.24, 2.45) is 0 Å². The van der Waals surface area contributed by atoms with Crippen molar-refractivity contribution in [3.05, 3.63) is 28.2 Å². The smallest absolute Gasteiger partial charge is 0.169 e. The van der Waals surface area contributed by atoms with E-state index in [9.17, 15) is 13.9 Å². The fourth-order valence-corrected chi connectivity index (χ4v) is 1.87. The SMILES string of the molecule is COCCNCC(O)COc1c(F)cc(F)cc1Br. The summed E-state index contributed by atoms with van der Waals surface area (Å²) in [5, 5.41) is 12.5. The second-order valence-electron chi connectivity index (χ2n) is 3.86. The van der Waals surface area contributed by atoms with Crippen LogP contribution in [0.4, 0.5) is 8.78 Å². The zero-order valence-electron chi connectivity index (χ0n) is 10.5. The molecule has 1 unspecified atom stereocenters. The van der Waals surface area contributed by atoms with Crippen molar-refractivity contribution in [2.75, 3.05) is 33.4 Å². The van der Waals surface area contributed by atoms with Crippen molar-refractivity contribution >= 4 is 15.9 Å². The molecule has 0 aliphatic carbocycles. The number of benzene rings is 1. The summed E-state index contributed by atoms with van der Waals surface area (Å²) in [5.41, 5.74) is 0. The molecule has 1 aromatic carbocycles. The molecule has 1 aromatic rings. The van der Waals surface area contributed by atoms with Gasteiger partial charge >= 0.3 is 0 Å².